The van der Waals surface area contributed by atoms with Gasteiger partial charge in [-0.25, -0.2) is 9.18 Å². The van der Waals surface area contributed by atoms with E-state index in [2.05, 4.69) is 31.3 Å². The first kappa shape index (κ1) is 28.6. The molecule has 42 heavy (non-hydrogen) atoms. The lowest BCUT2D eigenvalue weighted by Gasteiger charge is -2.41. The van der Waals surface area contributed by atoms with Crippen LogP contribution < -0.4 is 10.9 Å². The minimum absolute atomic E-state index is 0.0168. The molecule has 3 aliphatic rings. The average molecular weight is 655 g/mol. The summed E-state index contributed by atoms with van der Waals surface area (Å²) >= 11 is 3.20. The van der Waals surface area contributed by atoms with Crippen LogP contribution in [0.1, 0.15) is 62.8 Å². The van der Waals surface area contributed by atoms with Gasteiger partial charge in [-0.2, -0.15) is 22.7 Å². The maximum absolute atomic E-state index is 14.5. The maximum atomic E-state index is 14.5. The summed E-state index contributed by atoms with van der Waals surface area (Å²) in [7, 11) is 0. The standard InChI is InChI=1S/C27H27BrF4N6O4/c1-25(2,3)42-24(41)36-8-6-26(7-9-36)15-11-14(15)20-19(26)21(40)38-23(34-22(28)35-38)37(20)12-18(39)33-17-5-4-13(10-16(17)29)27(30,31)32/h4-5,10,14-15H,6-9,11-12H2,1-3H3,(H,33,39). The van der Waals surface area contributed by atoms with Crippen LogP contribution in [0.25, 0.3) is 5.78 Å². The summed E-state index contributed by atoms with van der Waals surface area (Å²) in [5.74, 6) is -1.70. The first-order valence-corrected chi connectivity index (χ1v) is 14.2. The molecule has 2 aromatic heterocycles. The summed E-state index contributed by atoms with van der Waals surface area (Å²) in [6.45, 7) is 5.80. The van der Waals surface area contributed by atoms with Crippen molar-refractivity contribution in [2.45, 2.75) is 69.7 Å². The van der Waals surface area contributed by atoms with E-state index in [1.165, 1.54) is 0 Å². The van der Waals surface area contributed by atoms with Crippen LogP contribution in [0.5, 0.6) is 0 Å². The summed E-state index contributed by atoms with van der Waals surface area (Å²) in [5, 5.41) is 6.54. The predicted octanol–water partition coefficient (Wildman–Crippen LogP) is 4.84. The van der Waals surface area contributed by atoms with Crippen molar-refractivity contribution in [1.82, 2.24) is 24.1 Å². The van der Waals surface area contributed by atoms with Gasteiger partial charge in [0.25, 0.3) is 5.56 Å². The number of halogens is 5. The molecule has 224 valence electrons. The minimum atomic E-state index is -4.73. The largest absolute Gasteiger partial charge is 0.444 e. The highest BCUT2D eigenvalue weighted by Crippen LogP contribution is 2.67. The number of anilines is 1. The molecule has 2 unspecified atom stereocenters. The first-order valence-electron chi connectivity index (χ1n) is 13.4. The highest BCUT2D eigenvalue weighted by Gasteiger charge is 2.64. The number of benzene rings is 1. The molecule has 6 rings (SSSR count). The lowest BCUT2D eigenvalue weighted by Crippen LogP contribution is -2.49. The Hall–Kier alpha value is -3.49. The molecule has 1 saturated carbocycles. The fourth-order valence-corrected chi connectivity index (χ4v) is 6.83. The summed E-state index contributed by atoms with van der Waals surface area (Å²) in [6, 6.07) is 1.87. The molecule has 3 heterocycles. The van der Waals surface area contributed by atoms with Gasteiger partial charge in [-0.15, -0.1) is 5.10 Å². The van der Waals surface area contributed by atoms with Gasteiger partial charge in [0.1, 0.15) is 18.0 Å². The molecule has 10 nitrogen and oxygen atoms in total. The molecule has 1 N–H and O–H groups in total. The van der Waals surface area contributed by atoms with Crippen molar-refractivity contribution in [2.24, 2.45) is 5.92 Å². The number of nitrogens with zero attached hydrogens (tertiary/aromatic N) is 5. The lowest BCUT2D eigenvalue weighted by atomic mass is 9.71. The van der Waals surface area contributed by atoms with Crippen molar-refractivity contribution < 1.29 is 31.9 Å². The number of hydrogen-bond acceptors (Lipinski definition) is 6. The molecular weight excluding hydrogens is 628 g/mol. The summed E-state index contributed by atoms with van der Waals surface area (Å²) in [5.41, 5.74) is -1.90. The number of carbonyl (C=O) groups excluding carboxylic acids is 2. The first-order chi connectivity index (χ1) is 19.6. The van der Waals surface area contributed by atoms with Crippen LogP contribution in [-0.4, -0.2) is 54.8 Å². The van der Waals surface area contributed by atoms with Crippen LogP contribution >= 0.6 is 15.9 Å². The molecule has 3 aromatic rings. The van der Waals surface area contributed by atoms with E-state index in [1.54, 1.807) is 30.2 Å². The van der Waals surface area contributed by atoms with Gasteiger partial charge in [0, 0.05) is 35.7 Å². The van der Waals surface area contributed by atoms with Crippen LogP contribution in [0, 0.1) is 11.7 Å². The quantitative estimate of drug-likeness (QED) is 0.405. The fourth-order valence-electron chi connectivity index (χ4n) is 6.51. The van der Waals surface area contributed by atoms with Gasteiger partial charge in [-0.05, 0) is 80.1 Å². The van der Waals surface area contributed by atoms with Gasteiger partial charge in [-0.1, -0.05) is 0 Å². The number of piperidine rings is 1. The highest BCUT2D eigenvalue weighted by atomic mass is 79.9. The number of carbonyl (C=O) groups is 2. The molecule has 1 spiro atoms. The number of ether oxygens (including phenoxy) is 1. The normalized spacial score (nSPS) is 20.9. The molecule has 2 amide bonds. The molecule has 0 radical (unpaired) electrons. The van der Waals surface area contributed by atoms with E-state index in [0.29, 0.717) is 49.3 Å². The molecule has 2 aliphatic carbocycles. The number of alkyl halides is 3. The topological polar surface area (TPSA) is 111 Å². The van der Waals surface area contributed by atoms with Crippen molar-refractivity contribution in [3.8, 4) is 0 Å². The molecule has 2 fully saturated rings. The van der Waals surface area contributed by atoms with E-state index in [9.17, 15) is 31.9 Å². The Morgan fingerprint density at radius 3 is 2.50 bits per heavy atom. The second kappa shape index (κ2) is 9.51. The van der Waals surface area contributed by atoms with Gasteiger partial charge in [0.15, 0.2) is 0 Å². The molecular formula is C27H27BrF4N6O4. The number of amides is 2. The van der Waals surface area contributed by atoms with E-state index in [1.807, 2.05) is 0 Å². The zero-order valence-electron chi connectivity index (χ0n) is 22.9. The number of rotatable bonds is 3. The van der Waals surface area contributed by atoms with E-state index in [4.69, 9.17) is 4.74 Å². The molecule has 0 bridgehead atoms. The monoisotopic (exact) mass is 654 g/mol. The van der Waals surface area contributed by atoms with Crippen molar-refractivity contribution >= 4 is 39.4 Å². The molecule has 15 heteroatoms. The summed E-state index contributed by atoms with van der Waals surface area (Å²) in [4.78, 5) is 45.6. The van der Waals surface area contributed by atoms with Crippen LogP contribution in [0.2, 0.25) is 0 Å². The lowest BCUT2D eigenvalue weighted by molar-refractivity contribution is -0.137. The second-order valence-corrected chi connectivity index (χ2v) is 12.8. The van der Waals surface area contributed by atoms with Crippen LogP contribution in [0.3, 0.4) is 0 Å². The maximum Gasteiger partial charge on any atom is 0.416 e. The summed E-state index contributed by atoms with van der Waals surface area (Å²) in [6.07, 6.45) is -3.30. The van der Waals surface area contributed by atoms with Gasteiger partial charge in [-0.3, -0.25) is 9.59 Å². The molecule has 1 saturated heterocycles. The van der Waals surface area contributed by atoms with Crippen molar-refractivity contribution in [2.75, 3.05) is 18.4 Å². The van der Waals surface area contributed by atoms with Crippen molar-refractivity contribution in [3.05, 3.63) is 55.9 Å². The third kappa shape index (κ3) is 4.74. The van der Waals surface area contributed by atoms with E-state index < -0.39 is 46.3 Å². The second-order valence-electron chi connectivity index (χ2n) is 12.1. The smallest absolute Gasteiger partial charge is 0.416 e. The Bertz CT molecular complexity index is 1690. The molecule has 2 atom stereocenters. The Kier molecular flexibility index (Phi) is 6.48. The number of aromatic nitrogens is 4. The number of nitrogens with one attached hydrogen (secondary N) is 1. The van der Waals surface area contributed by atoms with Crippen molar-refractivity contribution in [1.29, 1.82) is 0 Å². The Balaban J connectivity index is 1.33. The SMILES string of the molecule is CC(C)(C)OC(=O)N1CCC2(CC1)c1c(n(CC(=O)Nc3ccc(C(F)(F)F)cc3F)c3nc(Br)nn3c1=O)C1CC12. The van der Waals surface area contributed by atoms with Crippen molar-refractivity contribution in [3.63, 3.8) is 0 Å². The average Bonchev–Trinajstić information content (AvgIpc) is 3.51. The Morgan fingerprint density at radius 1 is 1.19 bits per heavy atom. The third-order valence-electron chi connectivity index (χ3n) is 8.29. The van der Waals surface area contributed by atoms with Gasteiger partial charge < -0.3 is 19.5 Å². The Morgan fingerprint density at radius 2 is 1.88 bits per heavy atom. The zero-order chi connectivity index (χ0) is 30.4. The number of likely N-dealkylation sites (tertiary alicyclic amines) is 1. The van der Waals surface area contributed by atoms with E-state index in [-0.39, 0.29) is 34.5 Å². The number of fused-ring (bicyclic) bond motifs is 6. The van der Waals surface area contributed by atoms with Gasteiger partial charge in [0.05, 0.1) is 11.3 Å². The number of hydrogen-bond donors (Lipinski definition) is 1. The van der Waals surface area contributed by atoms with Crippen LogP contribution in [0.15, 0.2) is 27.7 Å². The van der Waals surface area contributed by atoms with Crippen LogP contribution in [0.4, 0.5) is 28.0 Å². The highest BCUT2D eigenvalue weighted by molar-refractivity contribution is 9.10. The van der Waals surface area contributed by atoms with Gasteiger partial charge in [0.2, 0.25) is 16.4 Å². The molecule has 1 aliphatic heterocycles. The Labute approximate surface area is 245 Å². The minimum Gasteiger partial charge on any atom is -0.444 e. The summed E-state index contributed by atoms with van der Waals surface area (Å²) < 4.78 is 61.7. The van der Waals surface area contributed by atoms with Gasteiger partial charge >= 0.3 is 12.3 Å². The zero-order valence-corrected chi connectivity index (χ0v) is 24.5. The van der Waals surface area contributed by atoms with E-state index in [0.717, 1.165) is 17.0 Å². The van der Waals surface area contributed by atoms with Crippen LogP contribution in [-0.2, 0) is 27.7 Å². The third-order valence-corrected chi connectivity index (χ3v) is 8.62. The predicted molar refractivity (Wildman–Crippen MR) is 145 cm³/mol. The molecule has 1 aromatic carbocycles. The fraction of sp³-hybridized carbons (Fsp3) is 0.519. The van der Waals surface area contributed by atoms with E-state index >= 15 is 0 Å².